The van der Waals surface area contributed by atoms with Crippen molar-refractivity contribution in [3.05, 3.63) is 321 Å². The largest absolute Gasteiger partial charge is 0.496 e. The first kappa shape index (κ1) is 71.6. The summed E-state index contributed by atoms with van der Waals surface area (Å²) in [6.45, 7) is 19.1. The van der Waals surface area contributed by atoms with Crippen LogP contribution in [0, 0.1) is 68.1 Å². The molecular formula is C90H90Cl2FN7O. The maximum atomic E-state index is 13.2. The molecule has 0 bridgehead atoms. The quantitative estimate of drug-likeness (QED) is 0.173. The molecule has 0 saturated heterocycles. The van der Waals surface area contributed by atoms with Crippen molar-refractivity contribution in [2.24, 2.45) is 42.3 Å². The second kappa shape index (κ2) is 31.2. The predicted molar refractivity (Wildman–Crippen MR) is 431 cm³/mol. The van der Waals surface area contributed by atoms with E-state index in [1.807, 2.05) is 87.4 Å². The number of benzene rings is 10. The van der Waals surface area contributed by atoms with E-state index in [9.17, 15) is 4.39 Å². The maximum Gasteiger partial charge on any atom is 0.132 e. The molecule has 17 rings (SSSR count). The SMILES string of the molecule is COc1cccc2c1c(C)cn2C.Cc1c(-c2ccccc2)n(-c2ccccc2)c2ccccc12.Cc1c(-c2ccccc2)n(C)c2ccccc12.Cc1ccc2c(c1)c(C)c(C)n2C.Cc1cn(C)c2ccc(Cl)cc12.Cc1cn(C)c2cccc(Cl)c12.Cc1cn(C)c2cccc(F)c12. The molecule has 101 heavy (non-hydrogen) atoms. The molecule has 11 heteroatoms. The molecule has 7 heterocycles. The highest BCUT2D eigenvalue weighted by Gasteiger charge is 2.18. The van der Waals surface area contributed by atoms with E-state index in [1.165, 1.54) is 144 Å². The highest BCUT2D eigenvalue weighted by Crippen LogP contribution is 2.37. The van der Waals surface area contributed by atoms with Crippen molar-refractivity contribution in [1.82, 2.24) is 32.0 Å². The molecule has 0 aliphatic carbocycles. The standard InChI is InChI=1S/C21H17N.C16H15N.C12H15N.C11H13NO.2C10H10ClN.C10H10FN/c1-16-19-14-8-9-15-20(19)22(18-12-6-3-7-13-18)21(16)17-10-4-2-5-11-17;1-12-14-10-6-7-11-15(14)17(2)16(12)13-8-4-3-5-9-13;1-8-5-6-12-11(7-8)9(2)10(3)13(12)4;1-8-7-12(2)9-5-4-6-10(13-3)11(8)9;1-7-6-12(2)10-4-3-8(11)5-9(7)10;2*1-7-6-12(2)9-5-3-4-8(11)10(7)9/h2-15H,1H3;3-11H,1-2H3;5-7H,1-4H3;4-7H,1-3H3;3*3-6H,1-2H3. The van der Waals surface area contributed by atoms with Crippen LogP contribution in [0.15, 0.2) is 255 Å². The van der Waals surface area contributed by atoms with Gasteiger partial charge >= 0.3 is 0 Å². The molecule has 0 atom stereocenters. The molecule has 0 unspecified atom stereocenters. The lowest BCUT2D eigenvalue weighted by molar-refractivity contribution is 0.419. The number of rotatable bonds is 4. The summed E-state index contributed by atoms with van der Waals surface area (Å²) in [5, 5.41) is 10.0. The van der Waals surface area contributed by atoms with Crippen LogP contribution in [0.1, 0.15) is 50.2 Å². The van der Waals surface area contributed by atoms with Gasteiger partial charge in [0.05, 0.1) is 40.1 Å². The first-order valence-corrected chi connectivity index (χ1v) is 34.9. The van der Waals surface area contributed by atoms with Crippen LogP contribution < -0.4 is 4.74 Å². The van der Waals surface area contributed by atoms with Crippen LogP contribution in [0.3, 0.4) is 0 Å². The monoisotopic (exact) mass is 1370 g/mol. The third-order valence-corrected chi connectivity index (χ3v) is 20.0. The van der Waals surface area contributed by atoms with Crippen molar-refractivity contribution in [2.45, 2.75) is 62.3 Å². The highest BCUT2D eigenvalue weighted by atomic mass is 35.5. The third kappa shape index (κ3) is 15.0. The lowest BCUT2D eigenvalue weighted by Crippen LogP contribution is -1.96. The molecule has 0 aliphatic rings. The minimum Gasteiger partial charge on any atom is -0.496 e. The molecule has 0 amide bonds. The molecule has 0 aliphatic heterocycles. The number of fused-ring (bicyclic) bond motifs is 7. The summed E-state index contributed by atoms with van der Waals surface area (Å²) in [6.07, 6.45) is 8.26. The summed E-state index contributed by atoms with van der Waals surface area (Å²) in [4.78, 5) is 0. The van der Waals surface area contributed by atoms with E-state index < -0.39 is 0 Å². The number of methoxy groups -OCH3 is 1. The second-order valence-electron chi connectivity index (χ2n) is 26.2. The number of hydrogen-bond donors (Lipinski definition) is 0. The molecule has 0 spiro atoms. The van der Waals surface area contributed by atoms with Gasteiger partial charge in [-0.1, -0.05) is 168 Å². The fourth-order valence-corrected chi connectivity index (χ4v) is 14.7. The van der Waals surface area contributed by atoms with Crippen LogP contribution in [0.25, 0.3) is 105 Å². The molecule has 0 N–H and O–H groups in total. The van der Waals surface area contributed by atoms with Crippen molar-refractivity contribution in [2.75, 3.05) is 7.11 Å². The van der Waals surface area contributed by atoms with E-state index in [-0.39, 0.29) is 5.82 Å². The predicted octanol–water partition coefficient (Wildman–Crippen LogP) is 24.3. The van der Waals surface area contributed by atoms with Crippen LogP contribution >= 0.6 is 23.2 Å². The number of nitrogens with zero attached hydrogens (tertiary/aromatic N) is 7. The minimum atomic E-state index is -0.134. The average Bonchev–Trinajstić information content (AvgIpc) is 1.61. The van der Waals surface area contributed by atoms with Gasteiger partial charge in [-0.2, -0.15) is 0 Å². The molecule has 17 aromatic rings. The smallest absolute Gasteiger partial charge is 0.132 e. The van der Waals surface area contributed by atoms with Crippen molar-refractivity contribution >= 4 is 99.5 Å². The molecule has 0 saturated carbocycles. The van der Waals surface area contributed by atoms with Gasteiger partial charge in [0.15, 0.2) is 0 Å². The Balaban J connectivity index is 0.000000120. The maximum absolute atomic E-state index is 13.2. The summed E-state index contributed by atoms with van der Waals surface area (Å²) < 4.78 is 33.7. The van der Waals surface area contributed by atoms with Crippen LogP contribution in [-0.2, 0) is 42.3 Å². The normalized spacial score (nSPS) is 10.9. The second-order valence-corrected chi connectivity index (χ2v) is 27.1. The van der Waals surface area contributed by atoms with Crippen molar-refractivity contribution in [3.8, 4) is 34.0 Å². The van der Waals surface area contributed by atoms with Crippen molar-refractivity contribution in [3.63, 3.8) is 0 Å². The lowest BCUT2D eigenvalue weighted by Gasteiger charge is -2.12. The summed E-state index contributed by atoms with van der Waals surface area (Å²) >= 11 is 12.0. The zero-order valence-electron chi connectivity index (χ0n) is 60.9. The Morgan fingerprint density at radius 2 is 0.782 bits per heavy atom. The van der Waals surface area contributed by atoms with Crippen molar-refractivity contribution < 1.29 is 9.13 Å². The first-order chi connectivity index (χ1) is 48.6. The first-order valence-electron chi connectivity index (χ1n) is 34.1. The molecule has 0 radical (unpaired) electrons. The van der Waals surface area contributed by atoms with Gasteiger partial charge in [0.25, 0.3) is 0 Å². The van der Waals surface area contributed by atoms with Gasteiger partial charge in [-0.05, 0) is 203 Å². The van der Waals surface area contributed by atoms with Crippen LogP contribution in [0.4, 0.5) is 4.39 Å². The van der Waals surface area contributed by atoms with Gasteiger partial charge in [0.1, 0.15) is 11.6 Å². The summed E-state index contributed by atoms with van der Waals surface area (Å²) in [5.41, 5.74) is 26.3. The van der Waals surface area contributed by atoms with E-state index in [2.05, 4.69) is 292 Å². The Morgan fingerprint density at radius 1 is 0.337 bits per heavy atom. The van der Waals surface area contributed by atoms with Gasteiger partial charge in [0.2, 0.25) is 0 Å². The molecule has 512 valence electrons. The molecule has 10 aromatic carbocycles. The molecule has 7 aromatic heterocycles. The summed E-state index contributed by atoms with van der Waals surface area (Å²) in [5.74, 6) is 0.821. The van der Waals surface area contributed by atoms with E-state index in [1.54, 1.807) is 13.2 Å². The van der Waals surface area contributed by atoms with E-state index in [0.29, 0.717) is 0 Å². The molecular weight excluding hydrogens is 1280 g/mol. The Bertz CT molecular complexity index is 5610. The van der Waals surface area contributed by atoms with Gasteiger partial charge < -0.3 is 36.7 Å². The average molecular weight is 1380 g/mol. The minimum absolute atomic E-state index is 0.134. The van der Waals surface area contributed by atoms with Gasteiger partial charge in [-0.15, -0.1) is 0 Å². The number of hydrogen-bond acceptors (Lipinski definition) is 1. The topological polar surface area (TPSA) is 43.7 Å². The number of aryl methyl sites for hydroxylation is 14. The Kier molecular flexibility index (Phi) is 22.1. The molecule has 0 fully saturated rings. The Labute approximate surface area is 603 Å². The van der Waals surface area contributed by atoms with E-state index in [0.717, 1.165) is 32.3 Å². The van der Waals surface area contributed by atoms with Gasteiger partial charge in [-0.3, -0.25) is 0 Å². The van der Waals surface area contributed by atoms with E-state index >= 15 is 0 Å². The zero-order valence-corrected chi connectivity index (χ0v) is 62.4. The fraction of sp³-hybridized carbons (Fsp3) is 0.178. The van der Waals surface area contributed by atoms with Crippen molar-refractivity contribution in [1.29, 1.82) is 0 Å². The molecule has 8 nitrogen and oxygen atoms in total. The van der Waals surface area contributed by atoms with Gasteiger partial charge in [-0.25, -0.2) is 4.39 Å². The third-order valence-electron chi connectivity index (χ3n) is 19.4. The summed E-state index contributed by atoms with van der Waals surface area (Å²) in [7, 11) is 14.0. The van der Waals surface area contributed by atoms with Gasteiger partial charge in [0, 0.05) is 143 Å². The Morgan fingerprint density at radius 3 is 1.37 bits per heavy atom. The lowest BCUT2D eigenvalue weighted by atomic mass is 10.1. The zero-order chi connectivity index (χ0) is 71.9. The van der Waals surface area contributed by atoms with Crippen LogP contribution in [0.5, 0.6) is 5.75 Å². The van der Waals surface area contributed by atoms with Crippen LogP contribution in [0.2, 0.25) is 10.0 Å². The van der Waals surface area contributed by atoms with Crippen LogP contribution in [-0.4, -0.2) is 39.1 Å². The number of ether oxygens (including phenoxy) is 1. The number of halogens is 3. The number of aromatic nitrogens is 7. The fourth-order valence-electron chi connectivity index (χ4n) is 14.3. The number of para-hydroxylation sites is 3. The van der Waals surface area contributed by atoms with E-state index in [4.69, 9.17) is 27.9 Å². The summed E-state index contributed by atoms with van der Waals surface area (Å²) in [6, 6.07) is 78.8. The highest BCUT2D eigenvalue weighted by molar-refractivity contribution is 6.35. The Hall–Kier alpha value is -10.7.